The minimum atomic E-state index is -0.404. The van der Waals surface area contributed by atoms with Gasteiger partial charge in [-0.15, -0.1) is 0 Å². The fourth-order valence-corrected chi connectivity index (χ4v) is 3.78. The van der Waals surface area contributed by atoms with E-state index < -0.39 is 5.56 Å². The molecule has 2 aromatic carbocycles. The molecule has 0 fully saturated rings. The van der Waals surface area contributed by atoms with Gasteiger partial charge in [-0.05, 0) is 35.8 Å². The van der Waals surface area contributed by atoms with E-state index >= 15 is 0 Å². The van der Waals surface area contributed by atoms with Gasteiger partial charge in [0.2, 0.25) is 4.96 Å². The van der Waals surface area contributed by atoms with E-state index in [2.05, 4.69) is 17.0 Å². The summed E-state index contributed by atoms with van der Waals surface area (Å²) in [6, 6.07) is 17.0. The predicted molar refractivity (Wildman–Crippen MR) is 114 cm³/mol. The van der Waals surface area contributed by atoms with E-state index in [0.717, 1.165) is 34.6 Å². The average Bonchev–Trinajstić information content (AvgIpc) is 3.03. The molecule has 0 aliphatic rings. The van der Waals surface area contributed by atoms with E-state index in [1.165, 1.54) is 4.52 Å². The zero-order valence-corrected chi connectivity index (χ0v) is 16.7. The van der Waals surface area contributed by atoms with Crippen LogP contribution in [-0.2, 0) is 6.42 Å². The van der Waals surface area contributed by atoms with Crippen LogP contribution in [0.1, 0.15) is 30.2 Å². The van der Waals surface area contributed by atoms with Crippen molar-refractivity contribution in [2.75, 3.05) is 6.61 Å². The summed E-state index contributed by atoms with van der Waals surface area (Å²) in [5, 5.41) is 4.28. The largest absolute Gasteiger partial charge is 0.494 e. The van der Waals surface area contributed by atoms with Gasteiger partial charge in [-0.1, -0.05) is 60.7 Å². The van der Waals surface area contributed by atoms with Crippen LogP contribution in [0.25, 0.3) is 11.0 Å². The Morgan fingerprint density at radius 2 is 1.83 bits per heavy atom. The van der Waals surface area contributed by atoms with Crippen molar-refractivity contribution in [3.8, 4) is 5.75 Å². The molecule has 0 aliphatic carbocycles. The maximum absolute atomic E-state index is 12.8. The first-order valence-electron chi connectivity index (χ1n) is 9.35. The molecule has 2 aromatic heterocycles. The minimum Gasteiger partial charge on any atom is -0.494 e. The molecule has 0 radical (unpaired) electrons. The Balaban J connectivity index is 1.69. The fraction of sp³-hybridized carbons (Fsp3) is 0.182. The van der Waals surface area contributed by atoms with Crippen LogP contribution < -0.4 is 20.4 Å². The van der Waals surface area contributed by atoms with Crippen molar-refractivity contribution in [3.05, 3.63) is 96.7 Å². The van der Waals surface area contributed by atoms with Crippen molar-refractivity contribution in [2.45, 2.75) is 19.8 Å². The number of ether oxygens (including phenoxy) is 1. The van der Waals surface area contributed by atoms with E-state index in [4.69, 9.17) is 4.74 Å². The summed E-state index contributed by atoms with van der Waals surface area (Å²) in [6.07, 6.45) is 3.05. The zero-order chi connectivity index (χ0) is 20.2. The van der Waals surface area contributed by atoms with Crippen LogP contribution in [0, 0.1) is 0 Å². The van der Waals surface area contributed by atoms with Gasteiger partial charge in [0.1, 0.15) is 11.4 Å². The summed E-state index contributed by atoms with van der Waals surface area (Å²) in [6.45, 7) is 2.72. The van der Waals surface area contributed by atoms with Gasteiger partial charge in [-0.25, -0.2) is 0 Å². The monoisotopic (exact) mass is 405 g/mol. The Morgan fingerprint density at radius 3 is 2.55 bits per heavy atom. The first-order chi connectivity index (χ1) is 14.1. The van der Waals surface area contributed by atoms with Gasteiger partial charge >= 0.3 is 0 Å². The molecular weight excluding hydrogens is 386 g/mol. The molecule has 4 rings (SSSR count). The maximum atomic E-state index is 12.8. The van der Waals surface area contributed by atoms with Crippen LogP contribution in [0.3, 0.4) is 0 Å². The third-order valence-electron chi connectivity index (χ3n) is 4.32. The van der Waals surface area contributed by atoms with Crippen molar-refractivity contribution in [2.24, 2.45) is 0 Å². The van der Waals surface area contributed by atoms with Crippen LogP contribution >= 0.6 is 11.3 Å². The van der Waals surface area contributed by atoms with Gasteiger partial charge in [0.15, 0.2) is 0 Å². The summed E-state index contributed by atoms with van der Waals surface area (Å²) < 4.78 is 7.27. The van der Waals surface area contributed by atoms with Gasteiger partial charge in [-0.2, -0.15) is 14.6 Å². The Hall–Kier alpha value is -3.32. The standard InChI is InChI=1S/C22H19N3O3S/c1-2-12-28-17-10-8-16(9-11-17)14-19-21(27)25-22(29-19)23-20(26)18(24-25)13-15-6-4-3-5-7-15/h3-11,14H,2,12-13H2,1H3/b19-14+. The first-order valence-corrected chi connectivity index (χ1v) is 10.2. The molecule has 0 amide bonds. The highest BCUT2D eigenvalue weighted by molar-refractivity contribution is 7.15. The van der Waals surface area contributed by atoms with E-state index in [1.54, 1.807) is 6.08 Å². The van der Waals surface area contributed by atoms with Crippen LogP contribution in [0.4, 0.5) is 0 Å². The number of fused-ring (bicyclic) bond motifs is 1. The lowest BCUT2D eigenvalue weighted by molar-refractivity contribution is 0.317. The molecule has 6 nitrogen and oxygen atoms in total. The van der Waals surface area contributed by atoms with Gasteiger partial charge in [0.25, 0.3) is 11.1 Å². The molecule has 0 bridgehead atoms. The summed E-state index contributed by atoms with van der Waals surface area (Å²) in [5.74, 6) is 0.793. The van der Waals surface area contributed by atoms with Gasteiger partial charge in [0.05, 0.1) is 11.1 Å². The SMILES string of the molecule is CCCOc1ccc(/C=c2/sc3nc(=O)c(Cc4ccccc4)nn3c2=O)cc1. The molecule has 29 heavy (non-hydrogen) atoms. The first kappa shape index (κ1) is 19.0. The van der Waals surface area contributed by atoms with E-state index in [9.17, 15) is 9.59 Å². The van der Waals surface area contributed by atoms with Crippen LogP contribution in [0.5, 0.6) is 5.75 Å². The highest BCUT2D eigenvalue weighted by atomic mass is 32.1. The lowest BCUT2D eigenvalue weighted by Crippen LogP contribution is -2.28. The second-order valence-corrected chi connectivity index (χ2v) is 7.56. The van der Waals surface area contributed by atoms with Crippen LogP contribution in [0.2, 0.25) is 0 Å². The third-order valence-corrected chi connectivity index (χ3v) is 5.27. The normalized spacial score (nSPS) is 11.8. The molecule has 4 aromatic rings. The molecule has 0 aliphatic heterocycles. The highest BCUT2D eigenvalue weighted by Crippen LogP contribution is 2.13. The Labute approximate surface area is 170 Å². The van der Waals surface area contributed by atoms with Crippen LogP contribution in [-0.4, -0.2) is 21.2 Å². The second-order valence-electron chi connectivity index (χ2n) is 6.55. The van der Waals surface area contributed by atoms with Gasteiger partial charge in [0, 0.05) is 6.42 Å². The van der Waals surface area contributed by atoms with Gasteiger partial charge in [-0.3, -0.25) is 9.59 Å². The molecule has 2 heterocycles. The van der Waals surface area contributed by atoms with Crippen molar-refractivity contribution in [1.29, 1.82) is 0 Å². The topological polar surface area (TPSA) is 73.6 Å². The number of hydrogen-bond acceptors (Lipinski definition) is 6. The third kappa shape index (κ3) is 4.25. The van der Waals surface area contributed by atoms with E-state index in [0.29, 0.717) is 22.5 Å². The quantitative estimate of drug-likeness (QED) is 0.493. The maximum Gasteiger partial charge on any atom is 0.296 e. The number of rotatable bonds is 6. The highest BCUT2D eigenvalue weighted by Gasteiger charge is 2.11. The number of thiazole rings is 1. The van der Waals surface area contributed by atoms with E-state index in [-0.39, 0.29) is 11.3 Å². The molecule has 146 valence electrons. The van der Waals surface area contributed by atoms with Gasteiger partial charge < -0.3 is 4.74 Å². The predicted octanol–water partition coefficient (Wildman–Crippen LogP) is 2.44. The lowest BCUT2D eigenvalue weighted by atomic mass is 10.1. The summed E-state index contributed by atoms with van der Waals surface area (Å²) in [5.41, 5.74) is 1.38. The molecule has 7 heteroatoms. The second kappa shape index (κ2) is 8.36. The average molecular weight is 405 g/mol. The molecular formula is C22H19N3O3S. The summed E-state index contributed by atoms with van der Waals surface area (Å²) in [4.78, 5) is 29.5. The summed E-state index contributed by atoms with van der Waals surface area (Å²) >= 11 is 1.16. The molecule has 0 atom stereocenters. The van der Waals surface area contributed by atoms with Crippen molar-refractivity contribution in [1.82, 2.24) is 14.6 Å². The fourth-order valence-electron chi connectivity index (χ4n) is 2.87. The molecule has 0 spiro atoms. The number of aromatic nitrogens is 3. The number of hydrogen-bond donors (Lipinski definition) is 0. The molecule has 0 unspecified atom stereocenters. The van der Waals surface area contributed by atoms with Crippen LogP contribution in [0.15, 0.2) is 64.2 Å². The number of nitrogens with zero attached hydrogens (tertiary/aromatic N) is 3. The Bertz CT molecular complexity index is 1300. The van der Waals surface area contributed by atoms with E-state index in [1.807, 2.05) is 54.6 Å². The number of benzene rings is 2. The zero-order valence-electron chi connectivity index (χ0n) is 15.9. The Morgan fingerprint density at radius 1 is 1.07 bits per heavy atom. The molecule has 0 saturated heterocycles. The Kier molecular flexibility index (Phi) is 5.48. The summed E-state index contributed by atoms with van der Waals surface area (Å²) in [7, 11) is 0. The molecule has 0 N–H and O–H groups in total. The lowest BCUT2D eigenvalue weighted by Gasteiger charge is -2.03. The van der Waals surface area contributed by atoms with Crippen molar-refractivity contribution < 1.29 is 4.74 Å². The van der Waals surface area contributed by atoms with Crippen molar-refractivity contribution >= 4 is 22.4 Å². The molecule has 0 saturated carbocycles. The van der Waals surface area contributed by atoms with Crippen molar-refractivity contribution in [3.63, 3.8) is 0 Å². The smallest absolute Gasteiger partial charge is 0.296 e. The minimum absolute atomic E-state index is 0.257.